The summed E-state index contributed by atoms with van der Waals surface area (Å²) in [5.41, 5.74) is 0. The zero-order valence-electron chi connectivity index (χ0n) is 10.2. The highest BCUT2D eigenvalue weighted by Gasteiger charge is 2.34. The van der Waals surface area contributed by atoms with Crippen molar-refractivity contribution in [3.05, 3.63) is 0 Å². The number of aliphatic hydroxyl groups excluding tert-OH is 1. The maximum Gasteiger partial charge on any atom is 0.0580 e. The minimum atomic E-state index is -0.0298. The third-order valence-corrected chi connectivity index (χ3v) is 4.24. The first-order chi connectivity index (χ1) is 7.16. The summed E-state index contributed by atoms with van der Waals surface area (Å²) in [5.74, 6) is 2.43. The Morgan fingerprint density at radius 1 is 1.13 bits per heavy atom. The molecule has 0 aliphatic heterocycles. The van der Waals surface area contributed by atoms with Crippen LogP contribution in [0.3, 0.4) is 0 Å². The lowest BCUT2D eigenvalue weighted by molar-refractivity contribution is 0.0505. The molecular formula is C13H25NO. The summed E-state index contributed by atoms with van der Waals surface area (Å²) in [6.45, 7) is 4.68. The Hall–Kier alpha value is -0.0800. The van der Waals surface area contributed by atoms with Crippen molar-refractivity contribution in [1.82, 2.24) is 4.90 Å². The monoisotopic (exact) mass is 211 g/mol. The lowest BCUT2D eigenvalue weighted by Gasteiger charge is -2.31. The summed E-state index contributed by atoms with van der Waals surface area (Å²) in [7, 11) is 2.21. The molecule has 2 aliphatic rings. The standard InChI is InChI=1S/C13H25NO/c1-10-7-12(10)9-14(2)8-11-5-3-4-6-13(11)15/h10-13,15H,3-9H2,1-2H3. The van der Waals surface area contributed by atoms with E-state index in [1.54, 1.807) is 0 Å². The molecule has 0 radical (unpaired) electrons. The van der Waals surface area contributed by atoms with E-state index in [2.05, 4.69) is 18.9 Å². The van der Waals surface area contributed by atoms with Gasteiger partial charge in [0.25, 0.3) is 0 Å². The highest BCUT2D eigenvalue weighted by molar-refractivity contribution is 4.85. The quantitative estimate of drug-likeness (QED) is 0.770. The van der Waals surface area contributed by atoms with Crippen molar-refractivity contribution in [2.45, 2.75) is 45.1 Å². The molecule has 15 heavy (non-hydrogen) atoms. The van der Waals surface area contributed by atoms with Gasteiger partial charge in [0, 0.05) is 13.1 Å². The fraction of sp³-hybridized carbons (Fsp3) is 1.00. The molecule has 4 unspecified atom stereocenters. The summed E-state index contributed by atoms with van der Waals surface area (Å²) in [6.07, 6.45) is 6.18. The largest absolute Gasteiger partial charge is 0.393 e. The minimum absolute atomic E-state index is 0.0298. The molecular weight excluding hydrogens is 186 g/mol. The molecule has 2 fully saturated rings. The average molecular weight is 211 g/mol. The van der Waals surface area contributed by atoms with E-state index in [4.69, 9.17) is 0 Å². The first-order valence-electron chi connectivity index (χ1n) is 6.53. The van der Waals surface area contributed by atoms with Gasteiger partial charge in [-0.25, -0.2) is 0 Å². The molecule has 0 aromatic heterocycles. The van der Waals surface area contributed by atoms with Crippen molar-refractivity contribution in [2.24, 2.45) is 17.8 Å². The van der Waals surface area contributed by atoms with Crippen molar-refractivity contribution < 1.29 is 5.11 Å². The Bertz CT molecular complexity index is 207. The Kier molecular flexibility index (Phi) is 3.68. The molecule has 4 atom stereocenters. The van der Waals surface area contributed by atoms with Crippen molar-refractivity contribution in [1.29, 1.82) is 0 Å². The molecule has 2 saturated carbocycles. The van der Waals surface area contributed by atoms with Gasteiger partial charge in [0.1, 0.15) is 0 Å². The summed E-state index contributed by atoms with van der Waals surface area (Å²) < 4.78 is 0. The molecule has 1 N–H and O–H groups in total. The van der Waals surface area contributed by atoms with E-state index in [1.165, 1.54) is 32.2 Å². The molecule has 0 amide bonds. The fourth-order valence-electron chi connectivity index (χ4n) is 2.93. The van der Waals surface area contributed by atoms with E-state index < -0.39 is 0 Å². The summed E-state index contributed by atoms with van der Waals surface area (Å²) in [4.78, 5) is 2.44. The van der Waals surface area contributed by atoms with Crippen molar-refractivity contribution in [3.63, 3.8) is 0 Å². The SMILES string of the molecule is CC1CC1CN(C)CC1CCCCC1O. The van der Waals surface area contributed by atoms with Crippen LogP contribution in [0.5, 0.6) is 0 Å². The Morgan fingerprint density at radius 2 is 1.73 bits per heavy atom. The van der Waals surface area contributed by atoms with Crippen LogP contribution in [0.1, 0.15) is 39.0 Å². The molecule has 0 heterocycles. The van der Waals surface area contributed by atoms with Crippen LogP contribution in [0, 0.1) is 17.8 Å². The number of hydrogen-bond donors (Lipinski definition) is 1. The summed E-state index contributed by atoms with van der Waals surface area (Å²) in [5, 5.41) is 9.89. The van der Waals surface area contributed by atoms with Gasteiger partial charge < -0.3 is 10.0 Å². The zero-order valence-corrected chi connectivity index (χ0v) is 10.2. The van der Waals surface area contributed by atoms with Crippen LogP contribution in [0.25, 0.3) is 0 Å². The molecule has 0 spiro atoms. The van der Waals surface area contributed by atoms with Crippen LogP contribution in [0.4, 0.5) is 0 Å². The van der Waals surface area contributed by atoms with Gasteiger partial charge in [-0.15, -0.1) is 0 Å². The summed E-state index contributed by atoms with van der Waals surface area (Å²) >= 11 is 0. The van der Waals surface area contributed by atoms with Gasteiger partial charge in [-0.05, 0) is 44.1 Å². The maximum absolute atomic E-state index is 9.89. The first-order valence-corrected chi connectivity index (χ1v) is 6.53. The Labute approximate surface area is 93.7 Å². The van der Waals surface area contributed by atoms with Gasteiger partial charge in [0.05, 0.1) is 6.10 Å². The van der Waals surface area contributed by atoms with Crippen LogP contribution in [0.2, 0.25) is 0 Å². The fourth-order valence-corrected chi connectivity index (χ4v) is 2.93. The zero-order chi connectivity index (χ0) is 10.8. The van der Waals surface area contributed by atoms with E-state index in [0.29, 0.717) is 5.92 Å². The van der Waals surface area contributed by atoms with Crippen LogP contribution in [0.15, 0.2) is 0 Å². The minimum Gasteiger partial charge on any atom is -0.393 e. The average Bonchev–Trinajstić information content (AvgIpc) is 2.86. The third kappa shape index (κ3) is 3.18. The third-order valence-electron chi connectivity index (χ3n) is 4.24. The second kappa shape index (κ2) is 4.84. The van der Waals surface area contributed by atoms with Crippen LogP contribution in [-0.2, 0) is 0 Å². The molecule has 2 heteroatoms. The predicted octanol–water partition coefficient (Wildman–Crippen LogP) is 2.13. The first kappa shape index (κ1) is 11.4. The number of nitrogens with zero attached hydrogens (tertiary/aromatic N) is 1. The van der Waals surface area contributed by atoms with Crippen molar-refractivity contribution in [3.8, 4) is 0 Å². The van der Waals surface area contributed by atoms with Gasteiger partial charge >= 0.3 is 0 Å². The molecule has 0 aromatic carbocycles. The summed E-state index contributed by atoms with van der Waals surface area (Å²) in [6, 6.07) is 0. The number of aliphatic hydroxyl groups is 1. The van der Waals surface area contributed by atoms with E-state index in [9.17, 15) is 5.11 Å². The Morgan fingerprint density at radius 3 is 2.33 bits per heavy atom. The second-order valence-electron chi connectivity index (χ2n) is 5.81. The predicted molar refractivity (Wildman–Crippen MR) is 62.7 cm³/mol. The normalized spacial score (nSPS) is 40.8. The molecule has 88 valence electrons. The molecule has 0 bridgehead atoms. The van der Waals surface area contributed by atoms with Crippen LogP contribution in [-0.4, -0.2) is 36.2 Å². The molecule has 2 aliphatic carbocycles. The second-order valence-corrected chi connectivity index (χ2v) is 5.81. The maximum atomic E-state index is 9.89. The van der Waals surface area contributed by atoms with Crippen LogP contribution < -0.4 is 0 Å². The van der Waals surface area contributed by atoms with Gasteiger partial charge in [0.2, 0.25) is 0 Å². The van der Waals surface area contributed by atoms with Gasteiger partial charge in [-0.3, -0.25) is 0 Å². The molecule has 2 rings (SSSR count). The molecule has 2 nitrogen and oxygen atoms in total. The highest BCUT2D eigenvalue weighted by atomic mass is 16.3. The molecule has 0 saturated heterocycles. The van der Waals surface area contributed by atoms with E-state index in [-0.39, 0.29) is 6.10 Å². The van der Waals surface area contributed by atoms with Gasteiger partial charge in [-0.1, -0.05) is 19.8 Å². The molecule has 0 aromatic rings. The van der Waals surface area contributed by atoms with Crippen LogP contribution >= 0.6 is 0 Å². The lowest BCUT2D eigenvalue weighted by Crippen LogP contribution is -2.36. The van der Waals surface area contributed by atoms with Gasteiger partial charge in [-0.2, -0.15) is 0 Å². The van der Waals surface area contributed by atoms with Crippen molar-refractivity contribution in [2.75, 3.05) is 20.1 Å². The Balaban J connectivity index is 1.70. The van der Waals surface area contributed by atoms with Gasteiger partial charge in [0.15, 0.2) is 0 Å². The van der Waals surface area contributed by atoms with E-state index >= 15 is 0 Å². The number of hydrogen-bond acceptors (Lipinski definition) is 2. The van der Waals surface area contributed by atoms with E-state index in [0.717, 1.165) is 24.8 Å². The smallest absolute Gasteiger partial charge is 0.0580 e. The lowest BCUT2D eigenvalue weighted by atomic mass is 9.86. The van der Waals surface area contributed by atoms with Crippen molar-refractivity contribution >= 4 is 0 Å². The number of rotatable bonds is 4. The topological polar surface area (TPSA) is 23.5 Å². The van der Waals surface area contributed by atoms with E-state index in [1.807, 2.05) is 0 Å². The highest BCUT2D eigenvalue weighted by Crippen LogP contribution is 2.38.